The number of aliphatic hydroxyl groups is 3. The van der Waals surface area contributed by atoms with Gasteiger partial charge in [0.15, 0.2) is 0 Å². The molecule has 0 amide bonds. The van der Waals surface area contributed by atoms with Crippen LogP contribution < -0.4 is 0 Å². The average molecular weight is 254 g/mol. The fourth-order valence-corrected chi connectivity index (χ4v) is 5.70. The first-order chi connectivity index (χ1) is 8.04. The lowest BCUT2D eigenvalue weighted by atomic mass is 9.66. The molecule has 3 heteroatoms. The second-order valence-electron chi connectivity index (χ2n) is 8.25. The van der Waals surface area contributed by atoms with Crippen molar-refractivity contribution >= 4 is 0 Å². The van der Waals surface area contributed by atoms with E-state index in [0.29, 0.717) is 12.8 Å². The van der Waals surface area contributed by atoms with Gasteiger partial charge in [0.05, 0.1) is 17.3 Å². The van der Waals surface area contributed by atoms with Gasteiger partial charge in [-0.05, 0) is 30.1 Å². The van der Waals surface area contributed by atoms with Crippen LogP contribution in [0.25, 0.3) is 0 Å². The van der Waals surface area contributed by atoms with Crippen LogP contribution in [-0.4, -0.2) is 32.6 Å². The van der Waals surface area contributed by atoms with Crippen LogP contribution in [0.3, 0.4) is 0 Å². The first-order valence-corrected chi connectivity index (χ1v) is 7.17. The summed E-state index contributed by atoms with van der Waals surface area (Å²) in [5.74, 6) is 0.160. The molecule has 0 radical (unpaired) electrons. The topological polar surface area (TPSA) is 60.7 Å². The Kier molecular flexibility index (Phi) is 2.24. The fraction of sp³-hybridized carbons (Fsp3) is 1.00. The van der Waals surface area contributed by atoms with Gasteiger partial charge in [-0.25, -0.2) is 0 Å². The molecule has 0 aliphatic heterocycles. The van der Waals surface area contributed by atoms with Crippen molar-refractivity contribution in [2.75, 3.05) is 0 Å². The highest BCUT2D eigenvalue weighted by Gasteiger charge is 2.75. The summed E-state index contributed by atoms with van der Waals surface area (Å²) in [6.07, 6.45) is 2.13. The third-order valence-corrected chi connectivity index (χ3v) is 6.59. The van der Waals surface area contributed by atoms with Crippen molar-refractivity contribution < 1.29 is 15.3 Å². The summed E-state index contributed by atoms with van der Waals surface area (Å²) >= 11 is 0. The van der Waals surface area contributed by atoms with E-state index in [9.17, 15) is 15.3 Å². The van der Waals surface area contributed by atoms with Crippen LogP contribution in [0.5, 0.6) is 0 Å². The molecule has 0 unspecified atom stereocenters. The van der Waals surface area contributed by atoms with Gasteiger partial charge in [-0.1, -0.05) is 27.7 Å². The standard InChI is InChI=1S/C15H26O3/c1-9-10(16)5-15(18)8-14(17)7-12(2,3)6-11(14)13(9,15)4/h9-11,16-18H,5-8H2,1-4H3/t9-,10-,11-,13-,14-,15-/m0/s1. The molecule has 3 nitrogen and oxygen atoms in total. The van der Waals surface area contributed by atoms with Gasteiger partial charge in [0.2, 0.25) is 0 Å². The molecule has 3 aliphatic rings. The SMILES string of the molecule is C[C@H]1[C@@H](O)C[C@]2(O)C[C@@]3(O)CC(C)(C)C[C@H]3[C@]12C. The summed E-state index contributed by atoms with van der Waals surface area (Å²) < 4.78 is 0. The predicted molar refractivity (Wildman–Crippen MR) is 68.9 cm³/mol. The normalized spacial score (nSPS) is 61.8. The number of fused-ring (bicyclic) bond motifs is 3. The zero-order chi connectivity index (χ0) is 13.6. The molecular weight excluding hydrogens is 228 g/mol. The van der Waals surface area contributed by atoms with E-state index in [2.05, 4.69) is 20.8 Å². The molecule has 18 heavy (non-hydrogen) atoms. The van der Waals surface area contributed by atoms with Crippen LogP contribution in [0.15, 0.2) is 0 Å². The zero-order valence-corrected chi connectivity index (χ0v) is 11.9. The number of hydrogen-bond donors (Lipinski definition) is 3. The molecule has 3 saturated carbocycles. The summed E-state index contributed by atoms with van der Waals surface area (Å²) in [6, 6.07) is 0. The molecule has 0 bridgehead atoms. The van der Waals surface area contributed by atoms with Gasteiger partial charge in [-0.3, -0.25) is 0 Å². The Bertz CT molecular complexity index is 393. The maximum Gasteiger partial charge on any atom is 0.0760 e. The lowest BCUT2D eigenvalue weighted by Gasteiger charge is -2.41. The third-order valence-electron chi connectivity index (χ3n) is 6.59. The Morgan fingerprint density at radius 3 is 2.22 bits per heavy atom. The van der Waals surface area contributed by atoms with E-state index in [0.717, 1.165) is 12.8 Å². The van der Waals surface area contributed by atoms with Crippen LogP contribution in [-0.2, 0) is 0 Å². The van der Waals surface area contributed by atoms with E-state index in [1.54, 1.807) is 0 Å². The van der Waals surface area contributed by atoms with Crippen LogP contribution in [0, 0.1) is 22.7 Å². The first kappa shape index (κ1) is 12.9. The minimum Gasteiger partial charge on any atom is -0.393 e. The Morgan fingerprint density at radius 2 is 1.61 bits per heavy atom. The summed E-state index contributed by atoms with van der Waals surface area (Å²) in [6.45, 7) is 8.50. The van der Waals surface area contributed by atoms with E-state index in [4.69, 9.17) is 0 Å². The summed E-state index contributed by atoms with van der Waals surface area (Å²) in [4.78, 5) is 0. The lowest BCUT2D eigenvalue weighted by Crippen LogP contribution is -2.44. The van der Waals surface area contributed by atoms with Crippen molar-refractivity contribution in [2.45, 2.75) is 70.7 Å². The summed E-state index contributed by atoms with van der Waals surface area (Å²) in [5.41, 5.74) is -1.84. The van der Waals surface area contributed by atoms with Crippen molar-refractivity contribution in [3.05, 3.63) is 0 Å². The Hall–Kier alpha value is -0.120. The highest BCUT2D eigenvalue weighted by molar-refractivity contribution is 5.25. The number of rotatable bonds is 0. The number of aliphatic hydroxyl groups excluding tert-OH is 1. The van der Waals surface area contributed by atoms with Gasteiger partial charge in [0, 0.05) is 18.3 Å². The van der Waals surface area contributed by atoms with Gasteiger partial charge in [0.1, 0.15) is 0 Å². The third kappa shape index (κ3) is 1.26. The van der Waals surface area contributed by atoms with Gasteiger partial charge in [-0.2, -0.15) is 0 Å². The Balaban J connectivity index is 2.07. The van der Waals surface area contributed by atoms with E-state index in [-0.39, 0.29) is 22.7 Å². The van der Waals surface area contributed by atoms with E-state index in [1.165, 1.54) is 0 Å². The van der Waals surface area contributed by atoms with E-state index in [1.807, 2.05) is 6.92 Å². The molecule has 0 spiro atoms. The Labute approximate surface area is 109 Å². The fourth-order valence-electron chi connectivity index (χ4n) is 5.70. The van der Waals surface area contributed by atoms with Crippen LogP contribution in [0.2, 0.25) is 0 Å². The van der Waals surface area contributed by atoms with Crippen molar-refractivity contribution in [2.24, 2.45) is 22.7 Å². The van der Waals surface area contributed by atoms with Gasteiger partial charge in [0.25, 0.3) is 0 Å². The quantitative estimate of drug-likeness (QED) is 0.616. The first-order valence-electron chi connectivity index (χ1n) is 7.17. The smallest absolute Gasteiger partial charge is 0.0760 e. The van der Waals surface area contributed by atoms with Crippen LogP contribution >= 0.6 is 0 Å². The highest BCUT2D eigenvalue weighted by atomic mass is 16.3. The average Bonchev–Trinajstić information content (AvgIpc) is 2.57. The van der Waals surface area contributed by atoms with Crippen LogP contribution in [0.4, 0.5) is 0 Å². The van der Waals surface area contributed by atoms with Crippen molar-refractivity contribution in [3.63, 3.8) is 0 Å². The molecule has 3 aliphatic carbocycles. The molecular formula is C15H26O3. The van der Waals surface area contributed by atoms with Crippen molar-refractivity contribution in [3.8, 4) is 0 Å². The largest absolute Gasteiger partial charge is 0.393 e. The minimum atomic E-state index is -0.887. The predicted octanol–water partition coefficient (Wildman–Crippen LogP) is 1.70. The maximum absolute atomic E-state index is 11.0. The summed E-state index contributed by atoms with van der Waals surface area (Å²) in [7, 11) is 0. The molecule has 0 aromatic carbocycles. The van der Waals surface area contributed by atoms with Crippen molar-refractivity contribution in [1.29, 1.82) is 0 Å². The van der Waals surface area contributed by atoms with Crippen LogP contribution in [0.1, 0.15) is 53.4 Å². The monoisotopic (exact) mass is 254 g/mol. The molecule has 0 saturated heterocycles. The van der Waals surface area contributed by atoms with Gasteiger partial charge < -0.3 is 15.3 Å². The van der Waals surface area contributed by atoms with E-state index >= 15 is 0 Å². The van der Waals surface area contributed by atoms with Gasteiger partial charge in [-0.15, -0.1) is 0 Å². The minimum absolute atomic E-state index is 0.0513. The molecule has 104 valence electrons. The summed E-state index contributed by atoms with van der Waals surface area (Å²) in [5, 5.41) is 32.0. The Morgan fingerprint density at radius 1 is 1.00 bits per heavy atom. The van der Waals surface area contributed by atoms with Gasteiger partial charge >= 0.3 is 0 Å². The zero-order valence-electron chi connectivity index (χ0n) is 11.9. The number of hydrogen-bond acceptors (Lipinski definition) is 3. The lowest BCUT2D eigenvalue weighted by molar-refractivity contribution is -0.0642. The molecule has 0 heterocycles. The molecule has 3 rings (SSSR count). The maximum atomic E-state index is 11.0. The molecule has 6 atom stereocenters. The highest BCUT2D eigenvalue weighted by Crippen LogP contribution is 2.71. The second-order valence-corrected chi connectivity index (χ2v) is 8.25. The second kappa shape index (κ2) is 3.13. The van der Waals surface area contributed by atoms with E-state index < -0.39 is 17.3 Å². The molecule has 0 aromatic heterocycles. The molecule has 3 fully saturated rings. The van der Waals surface area contributed by atoms with Crippen molar-refractivity contribution in [1.82, 2.24) is 0 Å². The molecule has 0 aromatic rings. The molecule has 3 N–H and O–H groups in total.